The van der Waals surface area contributed by atoms with Crippen molar-refractivity contribution >= 4 is 11.3 Å². The predicted molar refractivity (Wildman–Crippen MR) is 76.3 cm³/mol. The van der Waals surface area contributed by atoms with Gasteiger partial charge in [-0.25, -0.2) is 9.97 Å². The van der Waals surface area contributed by atoms with Crippen molar-refractivity contribution in [1.29, 1.82) is 0 Å². The monoisotopic (exact) mass is 334 g/mol. The minimum Gasteiger partial charge on any atom is -0.374 e. The molecule has 2 aromatic heterocycles. The summed E-state index contributed by atoms with van der Waals surface area (Å²) in [6.07, 6.45) is -2.70. The van der Waals surface area contributed by atoms with Crippen LogP contribution in [0.5, 0.6) is 0 Å². The topological polar surface area (TPSA) is 63.0 Å². The number of hydrogen-bond donors (Lipinski definition) is 2. The molecule has 0 aliphatic carbocycles. The maximum Gasteiger partial charge on any atom is 0.424 e. The molecular weight excluding hydrogens is 317 g/mol. The normalized spacial score (nSPS) is 15.0. The molecule has 0 saturated carbocycles. The minimum atomic E-state index is -4.80. The smallest absolute Gasteiger partial charge is 0.374 e. The fourth-order valence-corrected chi connectivity index (χ4v) is 2.86. The van der Waals surface area contributed by atoms with Gasteiger partial charge in [-0.2, -0.15) is 13.2 Å². The van der Waals surface area contributed by atoms with E-state index in [2.05, 4.69) is 15.3 Å². The first-order valence-electron chi connectivity index (χ1n) is 6.62. The van der Waals surface area contributed by atoms with E-state index < -0.39 is 24.0 Å². The SMILES string of the molecule is Cc1ncsc1CNCCC(O)(c1nccn1C)C(F)(F)F. The highest BCUT2D eigenvalue weighted by molar-refractivity contribution is 7.09. The van der Waals surface area contributed by atoms with Crippen LogP contribution < -0.4 is 5.32 Å². The van der Waals surface area contributed by atoms with E-state index in [9.17, 15) is 18.3 Å². The summed E-state index contributed by atoms with van der Waals surface area (Å²) in [7, 11) is 1.42. The lowest BCUT2D eigenvalue weighted by atomic mass is 9.97. The van der Waals surface area contributed by atoms with Crippen LogP contribution in [0.3, 0.4) is 0 Å². The fraction of sp³-hybridized carbons (Fsp3) is 0.538. The third kappa shape index (κ3) is 3.31. The summed E-state index contributed by atoms with van der Waals surface area (Å²) < 4.78 is 41.0. The first-order valence-corrected chi connectivity index (χ1v) is 7.50. The van der Waals surface area contributed by atoms with E-state index in [1.54, 1.807) is 5.51 Å². The molecule has 22 heavy (non-hydrogen) atoms. The highest BCUT2D eigenvalue weighted by atomic mass is 32.1. The molecule has 0 aromatic carbocycles. The summed E-state index contributed by atoms with van der Waals surface area (Å²) in [6.45, 7) is 2.26. The molecule has 0 aliphatic heterocycles. The number of nitrogens with zero attached hydrogens (tertiary/aromatic N) is 3. The zero-order valence-corrected chi connectivity index (χ0v) is 13.0. The molecule has 2 N–H and O–H groups in total. The second kappa shape index (κ2) is 6.35. The number of thiazole rings is 1. The quantitative estimate of drug-likeness (QED) is 0.795. The lowest BCUT2D eigenvalue weighted by molar-refractivity contribution is -0.272. The maximum absolute atomic E-state index is 13.3. The third-order valence-corrected chi connectivity index (χ3v) is 4.39. The predicted octanol–water partition coefficient (Wildman–Crippen LogP) is 2.11. The van der Waals surface area contributed by atoms with Gasteiger partial charge in [-0.05, 0) is 13.5 Å². The first-order chi connectivity index (χ1) is 10.3. The number of nitrogens with one attached hydrogen (secondary N) is 1. The molecule has 1 unspecified atom stereocenters. The Labute approximate surface area is 129 Å². The molecule has 2 aromatic rings. The van der Waals surface area contributed by atoms with Crippen molar-refractivity contribution in [1.82, 2.24) is 19.9 Å². The summed E-state index contributed by atoms with van der Waals surface area (Å²) in [5, 5.41) is 13.1. The molecule has 0 aliphatic rings. The molecule has 0 saturated heterocycles. The number of alkyl halides is 3. The van der Waals surface area contributed by atoms with Gasteiger partial charge in [0.15, 0.2) is 0 Å². The maximum atomic E-state index is 13.3. The lowest BCUT2D eigenvalue weighted by Crippen LogP contribution is -2.46. The van der Waals surface area contributed by atoms with Gasteiger partial charge in [-0.3, -0.25) is 0 Å². The van der Waals surface area contributed by atoms with E-state index in [0.717, 1.165) is 10.6 Å². The van der Waals surface area contributed by atoms with Crippen LogP contribution >= 0.6 is 11.3 Å². The second-order valence-corrected chi connectivity index (χ2v) is 5.95. The van der Waals surface area contributed by atoms with Crippen LogP contribution in [0.4, 0.5) is 13.2 Å². The molecule has 1 atom stereocenters. The second-order valence-electron chi connectivity index (χ2n) is 5.01. The molecule has 2 rings (SSSR count). The van der Waals surface area contributed by atoms with Crippen LogP contribution in [0.15, 0.2) is 17.9 Å². The summed E-state index contributed by atoms with van der Waals surface area (Å²) in [5.41, 5.74) is -0.430. The zero-order valence-electron chi connectivity index (χ0n) is 12.2. The van der Waals surface area contributed by atoms with Crippen LogP contribution in [-0.4, -0.2) is 32.4 Å². The van der Waals surface area contributed by atoms with Gasteiger partial charge in [0.1, 0.15) is 5.82 Å². The number of rotatable bonds is 6. The van der Waals surface area contributed by atoms with Gasteiger partial charge in [0.05, 0.1) is 11.2 Å². The van der Waals surface area contributed by atoms with Crippen molar-refractivity contribution < 1.29 is 18.3 Å². The number of imidazole rings is 1. The number of halogens is 3. The standard InChI is InChI=1S/C13H17F3N4OS/c1-9-10(22-8-19-9)7-17-4-3-12(21,13(14,15)16)11-18-5-6-20(11)2/h5-6,8,17,21H,3-4,7H2,1-2H3. The molecular formula is C13H17F3N4OS. The number of aryl methyl sites for hydroxylation is 2. The Kier molecular flexibility index (Phi) is 4.88. The first kappa shape index (κ1) is 16.9. The van der Waals surface area contributed by atoms with Crippen molar-refractivity contribution in [3.05, 3.63) is 34.3 Å². The van der Waals surface area contributed by atoms with Crippen LogP contribution in [0, 0.1) is 6.92 Å². The van der Waals surface area contributed by atoms with Crippen molar-refractivity contribution in [2.45, 2.75) is 31.7 Å². The Bertz CT molecular complexity index is 625. The van der Waals surface area contributed by atoms with Gasteiger partial charge in [-0.15, -0.1) is 11.3 Å². The Balaban J connectivity index is 2.03. The van der Waals surface area contributed by atoms with E-state index in [0.29, 0.717) is 6.54 Å². The molecule has 2 heterocycles. The molecule has 9 heteroatoms. The molecule has 0 fully saturated rings. The Morgan fingerprint density at radius 3 is 2.59 bits per heavy atom. The van der Waals surface area contributed by atoms with Gasteiger partial charge in [0.2, 0.25) is 5.60 Å². The van der Waals surface area contributed by atoms with Gasteiger partial charge in [0.25, 0.3) is 0 Å². The van der Waals surface area contributed by atoms with Gasteiger partial charge < -0.3 is 15.0 Å². The molecule has 0 radical (unpaired) electrons. The van der Waals surface area contributed by atoms with Crippen molar-refractivity contribution in [3.8, 4) is 0 Å². The van der Waals surface area contributed by atoms with Crippen LogP contribution in [0.25, 0.3) is 0 Å². The van der Waals surface area contributed by atoms with Crippen molar-refractivity contribution in [2.24, 2.45) is 7.05 Å². The van der Waals surface area contributed by atoms with Crippen LogP contribution in [0.2, 0.25) is 0 Å². The van der Waals surface area contributed by atoms with E-state index in [-0.39, 0.29) is 6.54 Å². The van der Waals surface area contributed by atoms with Crippen LogP contribution in [0.1, 0.15) is 22.8 Å². The van der Waals surface area contributed by atoms with Crippen LogP contribution in [-0.2, 0) is 19.2 Å². The molecule has 0 bridgehead atoms. The number of aliphatic hydroxyl groups is 1. The number of aromatic nitrogens is 3. The highest BCUT2D eigenvalue weighted by Gasteiger charge is 2.56. The zero-order chi connectivity index (χ0) is 16.4. The molecule has 122 valence electrons. The minimum absolute atomic E-state index is 0.000208. The molecule has 0 spiro atoms. The lowest BCUT2D eigenvalue weighted by Gasteiger charge is -2.30. The van der Waals surface area contributed by atoms with Crippen molar-refractivity contribution in [3.63, 3.8) is 0 Å². The third-order valence-electron chi connectivity index (χ3n) is 3.45. The average molecular weight is 334 g/mol. The van der Waals surface area contributed by atoms with Gasteiger partial charge in [-0.1, -0.05) is 0 Å². The summed E-state index contributed by atoms with van der Waals surface area (Å²) in [4.78, 5) is 8.69. The Hall–Kier alpha value is -1.45. The Morgan fingerprint density at radius 1 is 1.36 bits per heavy atom. The average Bonchev–Trinajstić information content (AvgIpc) is 3.02. The fourth-order valence-electron chi connectivity index (χ4n) is 2.11. The summed E-state index contributed by atoms with van der Waals surface area (Å²) in [5.74, 6) is -0.407. The summed E-state index contributed by atoms with van der Waals surface area (Å²) in [6, 6.07) is 0. The van der Waals surface area contributed by atoms with E-state index in [1.165, 1.54) is 35.3 Å². The number of hydrogen-bond acceptors (Lipinski definition) is 5. The molecule has 0 amide bonds. The highest BCUT2D eigenvalue weighted by Crippen LogP contribution is 2.40. The van der Waals surface area contributed by atoms with Gasteiger partial charge in [0, 0.05) is 37.3 Å². The van der Waals surface area contributed by atoms with E-state index >= 15 is 0 Å². The largest absolute Gasteiger partial charge is 0.424 e. The molecule has 5 nitrogen and oxygen atoms in total. The van der Waals surface area contributed by atoms with Crippen molar-refractivity contribution in [2.75, 3.05) is 6.54 Å². The van der Waals surface area contributed by atoms with E-state index in [4.69, 9.17) is 0 Å². The Morgan fingerprint density at radius 2 is 2.09 bits per heavy atom. The van der Waals surface area contributed by atoms with Gasteiger partial charge >= 0.3 is 6.18 Å². The summed E-state index contributed by atoms with van der Waals surface area (Å²) >= 11 is 1.44. The van der Waals surface area contributed by atoms with E-state index in [1.807, 2.05) is 6.92 Å².